The monoisotopic (exact) mass is 407 g/mol. The number of phenols is 1. The molecule has 0 spiro atoms. The van der Waals surface area contributed by atoms with E-state index in [9.17, 15) is 19.5 Å². The third kappa shape index (κ3) is 3.45. The highest BCUT2D eigenvalue weighted by atomic mass is 16.3. The number of hydrogen-bond acceptors (Lipinski definition) is 6. The molecular weight excluding hydrogens is 382 g/mol. The number of aromatic hydroxyl groups is 1. The number of rotatable bonds is 5. The van der Waals surface area contributed by atoms with Crippen molar-refractivity contribution in [1.82, 2.24) is 10.2 Å². The maximum Gasteiger partial charge on any atom is 0.257 e. The van der Waals surface area contributed by atoms with Crippen LogP contribution in [0.15, 0.2) is 42.5 Å². The highest BCUT2D eigenvalue weighted by molar-refractivity contribution is 6.49. The van der Waals surface area contributed by atoms with Gasteiger partial charge in [0.15, 0.2) is 5.75 Å². The summed E-state index contributed by atoms with van der Waals surface area (Å²) in [5, 5.41) is 16.9. The SMILES string of the molecule is CN(C)C(=O)c1cccc(NC2C(=O)C(=O)C2N[C@@H]2CCCc3ccccc32)c1O. The maximum atomic E-state index is 12.3. The van der Waals surface area contributed by atoms with E-state index in [1.807, 2.05) is 12.1 Å². The van der Waals surface area contributed by atoms with Gasteiger partial charge in [0.05, 0.1) is 11.3 Å². The van der Waals surface area contributed by atoms with E-state index in [2.05, 4.69) is 22.8 Å². The molecule has 7 heteroatoms. The van der Waals surface area contributed by atoms with Crippen LogP contribution in [0.4, 0.5) is 5.69 Å². The fraction of sp³-hybridized carbons (Fsp3) is 0.348. The average molecular weight is 407 g/mol. The number of anilines is 1. The molecule has 0 bridgehead atoms. The van der Waals surface area contributed by atoms with Crippen molar-refractivity contribution >= 4 is 23.2 Å². The fourth-order valence-corrected chi connectivity index (χ4v) is 4.22. The first-order valence-corrected chi connectivity index (χ1v) is 10.1. The van der Waals surface area contributed by atoms with E-state index in [-0.39, 0.29) is 28.9 Å². The van der Waals surface area contributed by atoms with Gasteiger partial charge < -0.3 is 15.3 Å². The van der Waals surface area contributed by atoms with E-state index in [0.29, 0.717) is 0 Å². The quantitative estimate of drug-likeness (QED) is 0.518. The number of hydrogen-bond donors (Lipinski definition) is 3. The summed E-state index contributed by atoms with van der Waals surface area (Å²) in [4.78, 5) is 38.2. The lowest BCUT2D eigenvalue weighted by molar-refractivity contribution is -0.145. The predicted octanol–water partition coefficient (Wildman–Crippen LogP) is 2.06. The zero-order valence-electron chi connectivity index (χ0n) is 17.0. The summed E-state index contributed by atoms with van der Waals surface area (Å²) in [6, 6.07) is 11.4. The van der Waals surface area contributed by atoms with Crippen LogP contribution in [0.5, 0.6) is 5.75 Å². The first-order valence-electron chi connectivity index (χ1n) is 10.1. The second-order valence-corrected chi connectivity index (χ2v) is 8.04. The maximum absolute atomic E-state index is 12.3. The van der Waals surface area contributed by atoms with Gasteiger partial charge in [-0.05, 0) is 42.5 Å². The lowest BCUT2D eigenvalue weighted by Crippen LogP contribution is -2.67. The predicted molar refractivity (Wildman–Crippen MR) is 113 cm³/mol. The van der Waals surface area contributed by atoms with Crippen molar-refractivity contribution in [3.63, 3.8) is 0 Å². The largest absolute Gasteiger partial charge is 0.505 e. The van der Waals surface area contributed by atoms with Crippen molar-refractivity contribution < 1.29 is 19.5 Å². The second-order valence-electron chi connectivity index (χ2n) is 8.04. The Kier molecular flexibility index (Phi) is 5.30. The van der Waals surface area contributed by atoms with Crippen molar-refractivity contribution in [2.24, 2.45) is 0 Å². The van der Waals surface area contributed by atoms with E-state index in [0.717, 1.165) is 24.8 Å². The number of nitrogens with zero attached hydrogens (tertiary/aromatic N) is 1. The van der Waals surface area contributed by atoms with Crippen molar-refractivity contribution in [2.45, 2.75) is 37.4 Å². The zero-order valence-corrected chi connectivity index (χ0v) is 17.0. The number of nitrogens with one attached hydrogen (secondary N) is 2. The highest BCUT2D eigenvalue weighted by Gasteiger charge is 2.50. The van der Waals surface area contributed by atoms with E-state index in [4.69, 9.17) is 0 Å². The van der Waals surface area contributed by atoms with Crippen LogP contribution in [0.1, 0.15) is 40.4 Å². The minimum absolute atomic E-state index is 0.00319. The number of aryl methyl sites for hydroxylation is 1. The standard InChI is InChI=1S/C23H25N3O4/c1-26(2)23(30)15-10-6-12-17(20(15)27)25-19-18(21(28)22(19)29)24-16-11-5-8-13-7-3-4-9-14(13)16/h3-4,6-7,9-10,12,16,18-19,24-25,27H,5,8,11H2,1-2H3/t16-,18?,19?/m1/s1. The van der Waals surface area contributed by atoms with Gasteiger partial charge in [-0.1, -0.05) is 30.3 Å². The van der Waals surface area contributed by atoms with Crippen LogP contribution in [-0.4, -0.2) is 53.7 Å². The van der Waals surface area contributed by atoms with Gasteiger partial charge in [-0.3, -0.25) is 19.7 Å². The van der Waals surface area contributed by atoms with Crippen LogP contribution in [0.3, 0.4) is 0 Å². The van der Waals surface area contributed by atoms with Gasteiger partial charge in [-0.25, -0.2) is 0 Å². The lowest BCUT2D eigenvalue weighted by atomic mass is 9.80. The molecule has 2 aromatic carbocycles. The molecule has 1 saturated carbocycles. The molecule has 30 heavy (non-hydrogen) atoms. The second kappa shape index (κ2) is 7.91. The molecule has 3 N–H and O–H groups in total. The van der Waals surface area contributed by atoms with Crippen molar-refractivity contribution in [2.75, 3.05) is 19.4 Å². The van der Waals surface area contributed by atoms with Crippen LogP contribution >= 0.6 is 0 Å². The van der Waals surface area contributed by atoms with Crippen molar-refractivity contribution in [3.05, 3.63) is 59.2 Å². The van der Waals surface area contributed by atoms with Gasteiger partial charge in [0, 0.05) is 20.1 Å². The van der Waals surface area contributed by atoms with Crippen LogP contribution in [0.2, 0.25) is 0 Å². The Morgan fingerprint density at radius 1 is 1.03 bits per heavy atom. The van der Waals surface area contributed by atoms with E-state index < -0.39 is 23.7 Å². The molecule has 2 unspecified atom stereocenters. The van der Waals surface area contributed by atoms with Gasteiger partial charge in [0.1, 0.15) is 12.1 Å². The molecule has 0 saturated heterocycles. The van der Waals surface area contributed by atoms with Crippen molar-refractivity contribution in [1.29, 1.82) is 0 Å². The molecule has 0 aliphatic heterocycles. The molecule has 0 heterocycles. The van der Waals surface area contributed by atoms with E-state index in [1.54, 1.807) is 26.2 Å². The highest BCUT2D eigenvalue weighted by Crippen LogP contribution is 2.34. The van der Waals surface area contributed by atoms with Crippen molar-refractivity contribution in [3.8, 4) is 5.75 Å². The number of Topliss-reactive ketones (excluding diaryl/α,β-unsaturated/α-hetero) is 2. The topological polar surface area (TPSA) is 98.7 Å². The summed E-state index contributed by atoms with van der Waals surface area (Å²) >= 11 is 0. The molecule has 1 amide bonds. The lowest BCUT2D eigenvalue weighted by Gasteiger charge is -2.39. The number of benzene rings is 2. The number of carbonyl (C=O) groups is 3. The summed E-state index contributed by atoms with van der Waals surface area (Å²) < 4.78 is 0. The van der Waals surface area contributed by atoms with Gasteiger partial charge in [0.2, 0.25) is 11.6 Å². The summed E-state index contributed by atoms with van der Waals surface area (Å²) in [6.07, 6.45) is 2.91. The van der Waals surface area contributed by atoms with Gasteiger partial charge in [0.25, 0.3) is 5.91 Å². The van der Waals surface area contributed by atoms with E-state index >= 15 is 0 Å². The number of amides is 1. The molecule has 3 atom stereocenters. The minimum Gasteiger partial charge on any atom is -0.505 e. The van der Waals surface area contributed by atoms with Gasteiger partial charge in [-0.2, -0.15) is 0 Å². The molecule has 4 rings (SSSR count). The summed E-state index contributed by atoms with van der Waals surface area (Å²) in [7, 11) is 3.19. The normalized spacial score (nSPS) is 22.8. The molecule has 156 valence electrons. The molecule has 2 aliphatic carbocycles. The van der Waals surface area contributed by atoms with Crippen LogP contribution in [0, 0.1) is 0 Å². The Morgan fingerprint density at radius 2 is 1.77 bits per heavy atom. The van der Waals surface area contributed by atoms with Crippen LogP contribution in [-0.2, 0) is 16.0 Å². The van der Waals surface area contributed by atoms with Crippen LogP contribution in [0.25, 0.3) is 0 Å². The summed E-state index contributed by atoms with van der Waals surface area (Å²) in [6.45, 7) is 0. The number of fused-ring (bicyclic) bond motifs is 1. The van der Waals surface area contributed by atoms with Gasteiger partial charge >= 0.3 is 0 Å². The Morgan fingerprint density at radius 3 is 2.53 bits per heavy atom. The third-order valence-electron chi connectivity index (χ3n) is 5.87. The molecule has 0 radical (unpaired) electrons. The third-order valence-corrected chi connectivity index (χ3v) is 5.87. The number of phenolic OH excluding ortho intramolecular Hbond substituents is 1. The number of ketones is 2. The molecule has 1 fully saturated rings. The summed E-state index contributed by atoms with van der Waals surface area (Å²) in [5.74, 6) is -1.57. The van der Waals surface area contributed by atoms with E-state index in [1.165, 1.54) is 16.5 Å². The molecule has 2 aromatic rings. The van der Waals surface area contributed by atoms with Gasteiger partial charge in [-0.15, -0.1) is 0 Å². The average Bonchev–Trinajstić information content (AvgIpc) is 2.76. The summed E-state index contributed by atoms with van der Waals surface area (Å²) in [5.41, 5.74) is 2.81. The molecule has 7 nitrogen and oxygen atoms in total. The first kappa shape index (κ1) is 20.1. The zero-order chi connectivity index (χ0) is 21.4. The molecule has 2 aliphatic rings. The fourth-order valence-electron chi connectivity index (χ4n) is 4.22. The molecule has 0 aromatic heterocycles. The Hall–Kier alpha value is -3.19. The Bertz CT molecular complexity index is 1020. The smallest absolute Gasteiger partial charge is 0.257 e. The van der Waals surface area contributed by atoms with Crippen LogP contribution < -0.4 is 10.6 Å². The molecular formula is C23H25N3O4. The Balaban J connectivity index is 1.54. The Labute approximate surface area is 175 Å². The number of carbonyl (C=O) groups excluding carboxylic acids is 3. The first-order chi connectivity index (χ1) is 14.4. The number of para-hydroxylation sites is 1. The minimum atomic E-state index is -0.790.